The van der Waals surface area contributed by atoms with Crippen LogP contribution in [0, 0.1) is 0 Å². The molecule has 0 saturated carbocycles. The molecule has 120 valence electrons. The zero-order valence-electron chi connectivity index (χ0n) is 13.5. The van der Waals surface area contributed by atoms with Crippen LogP contribution in [-0.4, -0.2) is 44.4 Å². The topological polar surface area (TPSA) is 47.7 Å². The van der Waals surface area contributed by atoms with E-state index < -0.39 is 0 Å². The summed E-state index contributed by atoms with van der Waals surface area (Å²) in [5.74, 6) is 0.894. The fourth-order valence-corrected chi connectivity index (χ4v) is 2.47. The van der Waals surface area contributed by atoms with Crippen molar-refractivity contribution in [2.45, 2.75) is 13.8 Å². The Balaban J connectivity index is 1.93. The second-order valence-corrected chi connectivity index (χ2v) is 5.18. The third-order valence-corrected chi connectivity index (χ3v) is 3.79. The third-order valence-electron chi connectivity index (χ3n) is 3.79. The Labute approximate surface area is 132 Å². The maximum Gasteiger partial charge on any atom is 0.127 e. The molecule has 2 aromatic rings. The highest BCUT2D eigenvalue weighted by atomic mass is 16.5. The molecule has 0 heterocycles. The van der Waals surface area contributed by atoms with Gasteiger partial charge in [-0.15, -0.1) is 0 Å². The van der Waals surface area contributed by atoms with E-state index in [1.807, 2.05) is 43.3 Å². The number of rotatable bonds is 9. The highest BCUT2D eigenvalue weighted by molar-refractivity contribution is 5.96. The number of benzene rings is 2. The quantitative estimate of drug-likeness (QED) is 0.571. The van der Waals surface area contributed by atoms with Crippen LogP contribution in [0.25, 0.3) is 10.8 Å². The molecule has 0 spiro atoms. The van der Waals surface area contributed by atoms with Crippen LogP contribution in [0.2, 0.25) is 0 Å². The first-order valence-electron chi connectivity index (χ1n) is 7.96. The van der Waals surface area contributed by atoms with E-state index in [2.05, 4.69) is 11.8 Å². The molecule has 0 aliphatic heterocycles. The summed E-state index contributed by atoms with van der Waals surface area (Å²) < 4.78 is 11.4. The minimum absolute atomic E-state index is 0.661. The molecule has 4 heteroatoms. The molecule has 4 nitrogen and oxygen atoms in total. The Kier molecular flexibility index (Phi) is 6.49. The number of fused-ring (bicyclic) bond motifs is 1. The van der Waals surface area contributed by atoms with Crippen molar-refractivity contribution in [3.8, 4) is 5.75 Å². The fourth-order valence-electron chi connectivity index (χ4n) is 2.47. The van der Waals surface area contributed by atoms with Gasteiger partial charge in [-0.05, 0) is 25.6 Å². The van der Waals surface area contributed by atoms with Crippen molar-refractivity contribution in [2.24, 2.45) is 0 Å². The standard InChI is InChI=1S/C18H26N2O2/c1-3-20(11-13-21-4-2)12-14-22-18-10-9-17(19)15-7-5-6-8-16(15)18/h5-10H,3-4,11-14,19H2,1-2H3. The van der Waals surface area contributed by atoms with Crippen LogP contribution < -0.4 is 10.5 Å². The number of hydrogen-bond acceptors (Lipinski definition) is 4. The number of anilines is 1. The first-order chi connectivity index (χ1) is 10.8. The lowest BCUT2D eigenvalue weighted by Gasteiger charge is -2.20. The average Bonchev–Trinajstić information content (AvgIpc) is 2.56. The SMILES string of the molecule is CCOCCN(CC)CCOc1ccc(N)c2ccccc12. The van der Waals surface area contributed by atoms with Gasteiger partial charge in [0.1, 0.15) is 12.4 Å². The van der Waals surface area contributed by atoms with E-state index in [9.17, 15) is 0 Å². The van der Waals surface area contributed by atoms with E-state index in [-0.39, 0.29) is 0 Å². The summed E-state index contributed by atoms with van der Waals surface area (Å²) in [7, 11) is 0. The number of likely N-dealkylation sites (N-methyl/N-ethyl adjacent to an activating group) is 1. The number of nitrogen functional groups attached to an aromatic ring is 1. The maximum atomic E-state index is 6.01. The lowest BCUT2D eigenvalue weighted by molar-refractivity contribution is 0.108. The van der Waals surface area contributed by atoms with Crippen LogP contribution in [0.15, 0.2) is 36.4 Å². The Hall–Kier alpha value is -1.78. The van der Waals surface area contributed by atoms with Gasteiger partial charge in [0, 0.05) is 36.2 Å². The highest BCUT2D eigenvalue weighted by Gasteiger charge is 2.06. The van der Waals surface area contributed by atoms with Crippen molar-refractivity contribution in [3.63, 3.8) is 0 Å². The molecule has 22 heavy (non-hydrogen) atoms. The van der Waals surface area contributed by atoms with Crippen LogP contribution >= 0.6 is 0 Å². The lowest BCUT2D eigenvalue weighted by atomic mass is 10.1. The van der Waals surface area contributed by atoms with Crippen molar-refractivity contribution in [2.75, 3.05) is 45.2 Å². The van der Waals surface area contributed by atoms with E-state index in [0.717, 1.165) is 55.1 Å². The summed E-state index contributed by atoms with van der Waals surface area (Å²) in [6.07, 6.45) is 0. The van der Waals surface area contributed by atoms with Gasteiger partial charge in [-0.25, -0.2) is 0 Å². The molecule has 0 aliphatic rings. The van der Waals surface area contributed by atoms with Gasteiger partial charge >= 0.3 is 0 Å². The number of ether oxygens (including phenoxy) is 2. The molecule has 2 N–H and O–H groups in total. The smallest absolute Gasteiger partial charge is 0.127 e. The fraction of sp³-hybridized carbons (Fsp3) is 0.444. The molecule has 2 aromatic carbocycles. The van der Waals surface area contributed by atoms with Crippen molar-refractivity contribution < 1.29 is 9.47 Å². The van der Waals surface area contributed by atoms with E-state index in [0.29, 0.717) is 6.61 Å². The van der Waals surface area contributed by atoms with E-state index >= 15 is 0 Å². The monoisotopic (exact) mass is 302 g/mol. The first kappa shape index (κ1) is 16.6. The van der Waals surface area contributed by atoms with E-state index in [4.69, 9.17) is 15.2 Å². The normalized spacial score (nSPS) is 11.2. The second-order valence-electron chi connectivity index (χ2n) is 5.18. The summed E-state index contributed by atoms with van der Waals surface area (Å²) in [6.45, 7) is 9.21. The Morgan fingerprint density at radius 1 is 0.955 bits per heavy atom. The maximum absolute atomic E-state index is 6.01. The van der Waals surface area contributed by atoms with E-state index in [1.54, 1.807) is 0 Å². The number of nitrogens with zero attached hydrogens (tertiary/aromatic N) is 1. The van der Waals surface area contributed by atoms with Crippen LogP contribution in [0.4, 0.5) is 5.69 Å². The first-order valence-corrected chi connectivity index (χ1v) is 7.96. The summed E-state index contributed by atoms with van der Waals surface area (Å²) in [5.41, 5.74) is 6.80. The largest absolute Gasteiger partial charge is 0.492 e. The zero-order chi connectivity index (χ0) is 15.8. The molecule has 0 bridgehead atoms. The van der Waals surface area contributed by atoms with Gasteiger partial charge in [0.05, 0.1) is 6.61 Å². The average molecular weight is 302 g/mol. The molecule has 0 atom stereocenters. The molecule has 0 aromatic heterocycles. The zero-order valence-corrected chi connectivity index (χ0v) is 13.5. The van der Waals surface area contributed by atoms with Crippen molar-refractivity contribution in [1.82, 2.24) is 4.90 Å². The van der Waals surface area contributed by atoms with Gasteiger partial charge in [-0.3, -0.25) is 4.90 Å². The molecule has 0 radical (unpaired) electrons. The molecule has 0 unspecified atom stereocenters. The summed E-state index contributed by atoms with van der Waals surface area (Å²) in [6, 6.07) is 11.9. The molecule has 0 amide bonds. The predicted molar refractivity (Wildman–Crippen MR) is 92.5 cm³/mol. The molecule has 0 aliphatic carbocycles. The van der Waals surface area contributed by atoms with Gasteiger partial charge in [0.25, 0.3) is 0 Å². The van der Waals surface area contributed by atoms with Gasteiger partial charge in [-0.1, -0.05) is 31.2 Å². The number of hydrogen-bond donors (Lipinski definition) is 1. The van der Waals surface area contributed by atoms with Crippen LogP contribution in [0.5, 0.6) is 5.75 Å². The Morgan fingerprint density at radius 2 is 1.68 bits per heavy atom. The second kappa shape index (κ2) is 8.61. The van der Waals surface area contributed by atoms with Crippen LogP contribution in [0.1, 0.15) is 13.8 Å². The van der Waals surface area contributed by atoms with Crippen molar-refractivity contribution >= 4 is 16.5 Å². The van der Waals surface area contributed by atoms with Gasteiger partial charge in [0.2, 0.25) is 0 Å². The molecule has 0 fully saturated rings. The van der Waals surface area contributed by atoms with Crippen LogP contribution in [-0.2, 0) is 4.74 Å². The molecule has 2 rings (SSSR count). The summed E-state index contributed by atoms with van der Waals surface area (Å²) >= 11 is 0. The van der Waals surface area contributed by atoms with Gasteiger partial charge < -0.3 is 15.2 Å². The summed E-state index contributed by atoms with van der Waals surface area (Å²) in [5, 5.41) is 2.11. The highest BCUT2D eigenvalue weighted by Crippen LogP contribution is 2.29. The van der Waals surface area contributed by atoms with E-state index in [1.165, 1.54) is 0 Å². The van der Waals surface area contributed by atoms with Crippen molar-refractivity contribution in [1.29, 1.82) is 0 Å². The minimum Gasteiger partial charge on any atom is -0.492 e. The van der Waals surface area contributed by atoms with Gasteiger partial charge in [-0.2, -0.15) is 0 Å². The minimum atomic E-state index is 0.661. The predicted octanol–water partition coefficient (Wildman–Crippen LogP) is 3.16. The molecule has 0 saturated heterocycles. The molecular weight excluding hydrogens is 276 g/mol. The Morgan fingerprint density at radius 3 is 2.41 bits per heavy atom. The van der Waals surface area contributed by atoms with Crippen LogP contribution in [0.3, 0.4) is 0 Å². The van der Waals surface area contributed by atoms with Crippen molar-refractivity contribution in [3.05, 3.63) is 36.4 Å². The van der Waals surface area contributed by atoms with Gasteiger partial charge in [0.15, 0.2) is 0 Å². The number of nitrogens with two attached hydrogens (primary N) is 1. The third kappa shape index (κ3) is 4.36. The lowest BCUT2D eigenvalue weighted by Crippen LogP contribution is -2.31. The molecular formula is C18H26N2O2. The summed E-state index contributed by atoms with van der Waals surface area (Å²) in [4.78, 5) is 2.33. The Bertz CT molecular complexity index is 586.